The van der Waals surface area contributed by atoms with Gasteiger partial charge in [0, 0.05) is 24.5 Å². The number of nitrogens with zero attached hydrogens (tertiary/aromatic N) is 1. The van der Waals surface area contributed by atoms with E-state index in [-0.39, 0.29) is 5.41 Å². The van der Waals surface area contributed by atoms with E-state index in [9.17, 15) is 4.79 Å². The maximum atomic E-state index is 12.7. The maximum Gasteiger partial charge on any atom is 0.229 e. The van der Waals surface area contributed by atoms with Crippen molar-refractivity contribution in [3.8, 4) is 0 Å². The number of nitrogens with two attached hydrogens (primary N) is 1. The first-order valence-electron chi connectivity index (χ1n) is 7.10. The van der Waals surface area contributed by atoms with Gasteiger partial charge in [-0.25, -0.2) is 0 Å². The first-order valence-corrected chi connectivity index (χ1v) is 7.10. The fourth-order valence-electron chi connectivity index (χ4n) is 3.54. The molecule has 3 nitrogen and oxygen atoms in total. The van der Waals surface area contributed by atoms with Crippen LogP contribution >= 0.6 is 0 Å². The van der Waals surface area contributed by atoms with Crippen LogP contribution in [0.2, 0.25) is 0 Å². The van der Waals surface area contributed by atoms with Crippen molar-refractivity contribution in [1.29, 1.82) is 0 Å². The minimum atomic E-state index is -0.0219. The summed E-state index contributed by atoms with van der Waals surface area (Å²) in [5.74, 6) is 1.02. The molecule has 3 heteroatoms. The van der Waals surface area contributed by atoms with Crippen LogP contribution in [0.5, 0.6) is 0 Å². The zero-order chi connectivity index (χ0) is 12.5. The third-order valence-electron chi connectivity index (χ3n) is 4.47. The molecule has 0 bridgehead atoms. The van der Waals surface area contributed by atoms with Crippen molar-refractivity contribution >= 4 is 5.91 Å². The molecule has 0 aromatic carbocycles. The first kappa shape index (κ1) is 12.9. The fraction of sp³-hybridized carbons (Fsp3) is 0.929. The lowest BCUT2D eigenvalue weighted by Gasteiger charge is -2.45. The Hall–Kier alpha value is -0.570. The van der Waals surface area contributed by atoms with Crippen molar-refractivity contribution in [2.45, 2.75) is 58.4 Å². The summed E-state index contributed by atoms with van der Waals surface area (Å²) in [6.45, 7) is 6.00. The molecule has 1 unspecified atom stereocenters. The number of amides is 1. The van der Waals surface area contributed by atoms with Crippen molar-refractivity contribution in [2.24, 2.45) is 17.1 Å². The van der Waals surface area contributed by atoms with E-state index < -0.39 is 0 Å². The van der Waals surface area contributed by atoms with E-state index in [1.165, 1.54) is 6.42 Å². The molecule has 0 radical (unpaired) electrons. The Morgan fingerprint density at radius 1 is 1.41 bits per heavy atom. The van der Waals surface area contributed by atoms with E-state index in [1.54, 1.807) is 0 Å². The maximum absolute atomic E-state index is 12.7. The van der Waals surface area contributed by atoms with E-state index >= 15 is 0 Å². The molecule has 1 heterocycles. The highest BCUT2D eigenvalue weighted by atomic mass is 16.2. The quantitative estimate of drug-likeness (QED) is 0.815. The molecule has 2 rings (SSSR count). The van der Waals surface area contributed by atoms with Crippen LogP contribution in [0.15, 0.2) is 0 Å². The summed E-state index contributed by atoms with van der Waals surface area (Å²) in [6, 6.07) is 0.312. The van der Waals surface area contributed by atoms with Gasteiger partial charge in [0.05, 0.1) is 0 Å². The third kappa shape index (κ3) is 2.35. The average molecular weight is 238 g/mol. The molecule has 1 saturated heterocycles. The molecule has 1 aliphatic carbocycles. The third-order valence-corrected chi connectivity index (χ3v) is 4.47. The largest absolute Gasteiger partial charge is 0.338 e. The minimum absolute atomic E-state index is 0.0219. The number of likely N-dealkylation sites (tertiary alicyclic amines) is 1. The lowest BCUT2D eigenvalue weighted by molar-refractivity contribution is -0.149. The Balaban J connectivity index is 2.06. The predicted octanol–water partition coefficient (Wildman–Crippen LogP) is 2.15. The number of rotatable bonds is 4. The second-order valence-corrected chi connectivity index (χ2v) is 6.26. The van der Waals surface area contributed by atoms with E-state index in [0.717, 1.165) is 38.6 Å². The summed E-state index contributed by atoms with van der Waals surface area (Å²) >= 11 is 0. The van der Waals surface area contributed by atoms with Gasteiger partial charge in [0.2, 0.25) is 5.91 Å². The van der Waals surface area contributed by atoms with Crippen LogP contribution in [0, 0.1) is 11.3 Å². The van der Waals surface area contributed by atoms with Crippen LogP contribution in [0.4, 0.5) is 0 Å². The normalized spacial score (nSPS) is 27.3. The highest BCUT2D eigenvalue weighted by molar-refractivity contribution is 5.84. The summed E-state index contributed by atoms with van der Waals surface area (Å²) in [4.78, 5) is 14.8. The van der Waals surface area contributed by atoms with Gasteiger partial charge < -0.3 is 10.6 Å². The molecule has 1 saturated carbocycles. The fourth-order valence-corrected chi connectivity index (χ4v) is 3.54. The Labute approximate surface area is 105 Å². The summed E-state index contributed by atoms with van der Waals surface area (Å²) in [7, 11) is 0. The molecule has 1 amide bonds. The smallest absolute Gasteiger partial charge is 0.229 e. The molecule has 0 spiro atoms. The lowest BCUT2D eigenvalue weighted by atomic mass is 9.63. The van der Waals surface area contributed by atoms with Gasteiger partial charge in [0.15, 0.2) is 0 Å². The van der Waals surface area contributed by atoms with Crippen LogP contribution in [0.1, 0.15) is 52.4 Å². The zero-order valence-corrected chi connectivity index (χ0v) is 11.2. The van der Waals surface area contributed by atoms with E-state index in [2.05, 4.69) is 18.7 Å². The van der Waals surface area contributed by atoms with Gasteiger partial charge in [-0.2, -0.15) is 0 Å². The van der Waals surface area contributed by atoms with Crippen molar-refractivity contribution in [1.82, 2.24) is 4.90 Å². The Morgan fingerprint density at radius 2 is 2.12 bits per heavy atom. The number of carbonyl (C=O) groups excluding carboxylic acids is 1. The van der Waals surface area contributed by atoms with Gasteiger partial charge in [-0.3, -0.25) is 4.79 Å². The van der Waals surface area contributed by atoms with Gasteiger partial charge in [0.1, 0.15) is 0 Å². The van der Waals surface area contributed by atoms with Gasteiger partial charge in [-0.05, 0) is 38.0 Å². The molecule has 1 atom stereocenters. The second-order valence-electron chi connectivity index (χ2n) is 6.26. The molecule has 2 aliphatic rings. The Kier molecular flexibility index (Phi) is 3.76. The molecular formula is C14H26N2O. The van der Waals surface area contributed by atoms with Crippen molar-refractivity contribution < 1.29 is 4.79 Å². The summed E-state index contributed by atoms with van der Waals surface area (Å²) in [5, 5.41) is 0. The molecule has 2 N–H and O–H groups in total. The van der Waals surface area contributed by atoms with E-state index in [0.29, 0.717) is 24.4 Å². The summed E-state index contributed by atoms with van der Waals surface area (Å²) in [6.07, 6.45) is 6.69. The lowest BCUT2D eigenvalue weighted by Crippen LogP contribution is -2.51. The predicted molar refractivity (Wildman–Crippen MR) is 69.5 cm³/mol. The van der Waals surface area contributed by atoms with Crippen molar-refractivity contribution in [2.75, 3.05) is 13.1 Å². The van der Waals surface area contributed by atoms with Crippen LogP contribution in [-0.4, -0.2) is 29.9 Å². The van der Waals surface area contributed by atoms with E-state index in [1.807, 2.05) is 0 Å². The number of hydrogen-bond donors (Lipinski definition) is 1. The molecule has 17 heavy (non-hydrogen) atoms. The van der Waals surface area contributed by atoms with Gasteiger partial charge >= 0.3 is 0 Å². The van der Waals surface area contributed by atoms with Crippen molar-refractivity contribution in [3.63, 3.8) is 0 Å². The highest BCUT2D eigenvalue weighted by Gasteiger charge is 2.48. The van der Waals surface area contributed by atoms with Crippen molar-refractivity contribution in [3.05, 3.63) is 0 Å². The number of carbonyl (C=O) groups is 1. The van der Waals surface area contributed by atoms with Crippen LogP contribution < -0.4 is 5.73 Å². The zero-order valence-electron chi connectivity index (χ0n) is 11.2. The van der Waals surface area contributed by atoms with Gasteiger partial charge in [-0.1, -0.05) is 20.3 Å². The SMILES string of the molecule is CC(C)CC1(C(=O)N2CCCC2CN)CCC1. The van der Waals surface area contributed by atoms with E-state index in [4.69, 9.17) is 5.73 Å². The van der Waals surface area contributed by atoms with Crippen LogP contribution in [0.3, 0.4) is 0 Å². The Bertz CT molecular complexity index is 284. The molecule has 1 aliphatic heterocycles. The molecule has 0 aromatic heterocycles. The minimum Gasteiger partial charge on any atom is -0.338 e. The molecule has 98 valence electrons. The summed E-state index contributed by atoms with van der Waals surface area (Å²) in [5.41, 5.74) is 5.75. The Morgan fingerprint density at radius 3 is 2.59 bits per heavy atom. The second kappa shape index (κ2) is 4.97. The molecule has 0 aromatic rings. The monoisotopic (exact) mass is 238 g/mol. The first-order chi connectivity index (χ1) is 8.09. The van der Waals surface area contributed by atoms with Crippen LogP contribution in [-0.2, 0) is 4.79 Å². The molecular weight excluding hydrogens is 212 g/mol. The highest BCUT2D eigenvalue weighted by Crippen LogP contribution is 2.48. The van der Waals surface area contributed by atoms with Crippen LogP contribution in [0.25, 0.3) is 0 Å². The topological polar surface area (TPSA) is 46.3 Å². The standard InChI is InChI=1S/C14H26N2O/c1-11(2)9-14(6-4-7-14)13(17)16-8-3-5-12(16)10-15/h11-12H,3-10,15H2,1-2H3. The van der Waals surface area contributed by atoms with Gasteiger partial charge in [-0.15, -0.1) is 0 Å². The van der Waals surface area contributed by atoms with Gasteiger partial charge in [0.25, 0.3) is 0 Å². The number of hydrogen-bond acceptors (Lipinski definition) is 2. The summed E-state index contributed by atoms with van der Waals surface area (Å²) < 4.78 is 0. The average Bonchev–Trinajstić information content (AvgIpc) is 2.70. The molecule has 2 fully saturated rings.